The molecule has 0 atom stereocenters. The van der Waals surface area contributed by atoms with Gasteiger partial charge in [0.05, 0.1) is 17.9 Å². The normalized spacial score (nSPS) is 15.7. The van der Waals surface area contributed by atoms with Gasteiger partial charge < -0.3 is 14.8 Å². The van der Waals surface area contributed by atoms with Crippen LogP contribution >= 0.6 is 0 Å². The number of carbonyl (C=O) groups is 1. The average molecular weight is 330 g/mol. The summed E-state index contributed by atoms with van der Waals surface area (Å²) in [5.41, 5.74) is 0.165. The molecule has 0 heterocycles. The van der Waals surface area contributed by atoms with Gasteiger partial charge >= 0.3 is 0 Å². The highest BCUT2D eigenvalue weighted by Gasteiger charge is 2.42. The maximum absolute atomic E-state index is 12.8. The van der Waals surface area contributed by atoms with E-state index in [2.05, 4.69) is 11.4 Å². The Morgan fingerprint density at radius 3 is 2.58 bits per heavy atom. The molecule has 1 N–H and O–H groups in total. The summed E-state index contributed by atoms with van der Waals surface area (Å²) in [5, 5.41) is 12.3. The average Bonchev–Trinajstić information content (AvgIpc) is 3.09. The van der Waals surface area contributed by atoms with E-state index in [0.29, 0.717) is 30.2 Å². The lowest BCUT2D eigenvalue weighted by Gasteiger charge is -2.28. The number of hydrogen-bond acceptors (Lipinski definition) is 4. The summed E-state index contributed by atoms with van der Waals surface area (Å²) in [6.45, 7) is 5.23. The minimum absolute atomic E-state index is 0.146. The zero-order valence-electron chi connectivity index (χ0n) is 14.6. The highest BCUT2D eigenvalue weighted by Crippen LogP contribution is 2.35. The molecular weight excluding hydrogens is 304 g/mol. The molecular formula is C19H26N2O3. The molecule has 5 heteroatoms. The molecule has 0 aliphatic heterocycles. The van der Waals surface area contributed by atoms with Crippen LogP contribution in [0.2, 0.25) is 0 Å². The maximum atomic E-state index is 12.8. The molecule has 0 aromatic heterocycles. The lowest BCUT2D eigenvalue weighted by Crippen LogP contribution is -2.43. The molecule has 0 bridgehead atoms. The van der Waals surface area contributed by atoms with Gasteiger partial charge in [0, 0.05) is 6.61 Å². The predicted octanol–water partition coefficient (Wildman–Crippen LogP) is 4.02. The van der Waals surface area contributed by atoms with Crippen LogP contribution in [0.4, 0.5) is 5.69 Å². The summed E-state index contributed by atoms with van der Waals surface area (Å²) in [5.74, 6) is 0.497. The van der Waals surface area contributed by atoms with Gasteiger partial charge in [0.1, 0.15) is 17.4 Å². The quantitative estimate of drug-likeness (QED) is 0.781. The summed E-state index contributed by atoms with van der Waals surface area (Å²) < 4.78 is 11.4. The third kappa shape index (κ3) is 4.27. The van der Waals surface area contributed by atoms with Crippen molar-refractivity contribution < 1.29 is 14.3 Å². The lowest BCUT2D eigenvalue weighted by molar-refractivity contribution is -0.140. The van der Waals surface area contributed by atoms with Crippen LogP contribution in [-0.2, 0) is 9.53 Å². The first-order valence-corrected chi connectivity index (χ1v) is 8.77. The first kappa shape index (κ1) is 18.3. The van der Waals surface area contributed by atoms with Gasteiger partial charge in [-0.25, -0.2) is 0 Å². The minimum Gasteiger partial charge on any atom is -0.494 e. The van der Waals surface area contributed by atoms with Gasteiger partial charge in [-0.05, 0) is 56.7 Å². The Labute approximate surface area is 144 Å². The second-order valence-electron chi connectivity index (χ2n) is 6.17. The topological polar surface area (TPSA) is 71.3 Å². The van der Waals surface area contributed by atoms with E-state index in [0.717, 1.165) is 38.5 Å². The predicted molar refractivity (Wildman–Crippen MR) is 93.0 cm³/mol. The Bertz CT molecular complexity index is 601. The number of carbonyl (C=O) groups excluding carboxylic acids is 1. The number of nitriles is 1. The molecule has 1 aliphatic rings. The van der Waals surface area contributed by atoms with E-state index in [1.54, 1.807) is 18.2 Å². The van der Waals surface area contributed by atoms with Crippen LogP contribution in [0.3, 0.4) is 0 Å². The number of benzene rings is 1. The van der Waals surface area contributed by atoms with Gasteiger partial charge in [0.15, 0.2) is 0 Å². The molecule has 1 saturated carbocycles. The molecule has 24 heavy (non-hydrogen) atoms. The fourth-order valence-corrected chi connectivity index (χ4v) is 2.95. The maximum Gasteiger partial charge on any atom is 0.256 e. The van der Waals surface area contributed by atoms with Crippen LogP contribution < -0.4 is 10.1 Å². The third-order valence-corrected chi connectivity index (χ3v) is 4.24. The number of nitrogens with zero attached hydrogens (tertiary/aromatic N) is 1. The molecule has 1 aliphatic carbocycles. The number of anilines is 1. The molecule has 0 radical (unpaired) electrons. The van der Waals surface area contributed by atoms with E-state index in [1.165, 1.54) is 0 Å². The zero-order chi connectivity index (χ0) is 17.4. The van der Waals surface area contributed by atoms with E-state index in [4.69, 9.17) is 9.47 Å². The molecule has 130 valence electrons. The standard InChI is InChI=1S/C19H26N2O3/c1-3-11-23-16-7-8-17(15(13-16)14-20)21-18(22)19(24-12-4-2)9-5-6-10-19/h7-8,13H,3-6,9-12H2,1-2H3,(H,21,22). The van der Waals surface area contributed by atoms with Gasteiger partial charge in [0.2, 0.25) is 0 Å². The van der Waals surface area contributed by atoms with Crippen molar-refractivity contribution in [2.45, 2.75) is 58.0 Å². The number of amides is 1. The largest absolute Gasteiger partial charge is 0.494 e. The van der Waals surface area contributed by atoms with Crippen molar-refractivity contribution in [3.05, 3.63) is 23.8 Å². The van der Waals surface area contributed by atoms with Crippen LogP contribution in [0.1, 0.15) is 57.9 Å². The van der Waals surface area contributed by atoms with E-state index < -0.39 is 5.60 Å². The molecule has 1 fully saturated rings. The summed E-state index contributed by atoms with van der Waals surface area (Å²) in [6, 6.07) is 7.30. The van der Waals surface area contributed by atoms with Crippen molar-refractivity contribution >= 4 is 11.6 Å². The van der Waals surface area contributed by atoms with Gasteiger partial charge in [-0.1, -0.05) is 13.8 Å². The monoisotopic (exact) mass is 330 g/mol. The Morgan fingerprint density at radius 2 is 1.96 bits per heavy atom. The fraction of sp³-hybridized carbons (Fsp3) is 0.579. The van der Waals surface area contributed by atoms with Crippen molar-refractivity contribution in [1.29, 1.82) is 5.26 Å². The van der Waals surface area contributed by atoms with Crippen LogP contribution in [0, 0.1) is 11.3 Å². The van der Waals surface area contributed by atoms with Gasteiger partial charge in [-0.3, -0.25) is 4.79 Å². The van der Waals surface area contributed by atoms with E-state index in [1.807, 2.05) is 13.8 Å². The van der Waals surface area contributed by atoms with Crippen LogP contribution in [0.5, 0.6) is 5.75 Å². The van der Waals surface area contributed by atoms with Crippen molar-refractivity contribution in [3.8, 4) is 11.8 Å². The van der Waals surface area contributed by atoms with Crippen LogP contribution in [0.15, 0.2) is 18.2 Å². The van der Waals surface area contributed by atoms with Gasteiger partial charge in [-0.15, -0.1) is 0 Å². The van der Waals surface area contributed by atoms with Crippen LogP contribution in [-0.4, -0.2) is 24.7 Å². The van der Waals surface area contributed by atoms with Crippen molar-refractivity contribution in [3.63, 3.8) is 0 Å². The molecule has 1 amide bonds. The third-order valence-electron chi connectivity index (χ3n) is 4.24. The Balaban J connectivity index is 2.14. The summed E-state index contributed by atoms with van der Waals surface area (Å²) >= 11 is 0. The molecule has 1 aromatic carbocycles. The molecule has 0 unspecified atom stereocenters. The summed E-state index contributed by atoms with van der Waals surface area (Å²) in [4.78, 5) is 12.8. The number of ether oxygens (including phenoxy) is 2. The van der Waals surface area contributed by atoms with Gasteiger partial charge in [0.25, 0.3) is 5.91 Å². The zero-order valence-corrected chi connectivity index (χ0v) is 14.6. The number of rotatable bonds is 8. The highest BCUT2D eigenvalue weighted by molar-refractivity contribution is 5.98. The molecule has 5 nitrogen and oxygen atoms in total. The van der Waals surface area contributed by atoms with Crippen molar-refractivity contribution in [2.75, 3.05) is 18.5 Å². The highest BCUT2D eigenvalue weighted by atomic mass is 16.5. The molecule has 2 rings (SSSR count). The SMILES string of the molecule is CCCOc1ccc(NC(=O)C2(OCCC)CCCC2)c(C#N)c1. The number of nitrogens with one attached hydrogen (secondary N) is 1. The molecule has 0 saturated heterocycles. The second-order valence-corrected chi connectivity index (χ2v) is 6.17. The van der Waals surface area contributed by atoms with E-state index in [9.17, 15) is 10.1 Å². The van der Waals surface area contributed by atoms with Crippen molar-refractivity contribution in [1.82, 2.24) is 0 Å². The van der Waals surface area contributed by atoms with Crippen LogP contribution in [0.25, 0.3) is 0 Å². The van der Waals surface area contributed by atoms with E-state index >= 15 is 0 Å². The Hall–Kier alpha value is -2.06. The first-order valence-electron chi connectivity index (χ1n) is 8.77. The summed E-state index contributed by atoms with van der Waals surface area (Å²) in [7, 11) is 0. The fourth-order valence-electron chi connectivity index (χ4n) is 2.95. The number of hydrogen-bond donors (Lipinski definition) is 1. The second kappa shape index (κ2) is 8.70. The minimum atomic E-state index is -0.750. The molecule has 1 aromatic rings. The first-order chi connectivity index (χ1) is 11.6. The Kier molecular flexibility index (Phi) is 6.62. The van der Waals surface area contributed by atoms with Crippen molar-refractivity contribution in [2.24, 2.45) is 0 Å². The smallest absolute Gasteiger partial charge is 0.256 e. The Morgan fingerprint density at radius 1 is 1.25 bits per heavy atom. The lowest BCUT2D eigenvalue weighted by atomic mass is 10.00. The molecule has 0 spiro atoms. The van der Waals surface area contributed by atoms with E-state index in [-0.39, 0.29) is 5.91 Å². The summed E-state index contributed by atoms with van der Waals surface area (Å²) in [6.07, 6.45) is 5.23. The van der Waals surface area contributed by atoms with Gasteiger partial charge in [-0.2, -0.15) is 5.26 Å².